The molecular weight excluding hydrogens is 704 g/mol. The van der Waals surface area contributed by atoms with Gasteiger partial charge >= 0.3 is 5.97 Å². The third-order valence-corrected chi connectivity index (χ3v) is 10.4. The van der Waals surface area contributed by atoms with Crippen molar-refractivity contribution in [2.75, 3.05) is 26.3 Å². The number of rotatable bonds is 18. The fraction of sp³-hybridized carbons (Fsp3) is 0.419. The van der Waals surface area contributed by atoms with E-state index in [1.165, 1.54) is 6.20 Å². The number of nitrogens with one attached hydrogen (secondary N) is 1. The molecule has 5 rings (SSSR count). The lowest BCUT2D eigenvalue weighted by Gasteiger charge is -2.33. The van der Waals surface area contributed by atoms with Crippen LogP contribution in [0.4, 0.5) is 0 Å². The molecule has 4 aromatic rings. The van der Waals surface area contributed by atoms with Gasteiger partial charge in [0.05, 0.1) is 23.8 Å². The molecule has 3 N–H and O–H groups in total. The van der Waals surface area contributed by atoms with E-state index in [0.29, 0.717) is 54.1 Å². The number of carboxylic acids is 1. The maximum absolute atomic E-state index is 12.1. The SMILES string of the molecule is Cc1c(COc2cc(OCc3cncc(C#N)c3)c(CN3CCCC[C@H]3C(=O)O)cc2Cl)cccc1-c1cccc(OCCCNC(CO)C(C)C)c1C. The maximum Gasteiger partial charge on any atom is 0.320 e. The summed E-state index contributed by atoms with van der Waals surface area (Å²) >= 11 is 6.85. The second kappa shape index (κ2) is 19.6. The molecular formula is C43H51ClN4O6. The van der Waals surface area contributed by atoms with Crippen LogP contribution in [0.1, 0.15) is 72.9 Å². The topological polar surface area (TPSA) is 137 Å². The first-order chi connectivity index (χ1) is 26.1. The lowest BCUT2D eigenvalue weighted by Crippen LogP contribution is -2.44. The number of aromatic nitrogens is 1. The van der Waals surface area contributed by atoms with Crippen molar-refractivity contribution in [3.05, 3.63) is 105 Å². The average Bonchev–Trinajstić information content (AvgIpc) is 3.16. The molecule has 0 spiro atoms. The van der Waals surface area contributed by atoms with E-state index in [2.05, 4.69) is 56.2 Å². The first kappa shape index (κ1) is 40.5. The number of carboxylic acid groups (broad SMARTS) is 1. The van der Waals surface area contributed by atoms with Crippen LogP contribution < -0.4 is 19.5 Å². The van der Waals surface area contributed by atoms with Gasteiger partial charge in [0.2, 0.25) is 0 Å². The van der Waals surface area contributed by atoms with Crippen molar-refractivity contribution in [3.63, 3.8) is 0 Å². The molecule has 1 aliphatic heterocycles. The van der Waals surface area contributed by atoms with Gasteiger partial charge in [0.25, 0.3) is 0 Å². The van der Waals surface area contributed by atoms with Gasteiger partial charge in [-0.2, -0.15) is 5.26 Å². The van der Waals surface area contributed by atoms with E-state index in [1.807, 2.05) is 29.2 Å². The van der Waals surface area contributed by atoms with Crippen LogP contribution in [0.2, 0.25) is 5.02 Å². The van der Waals surface area contributed by atoms with E-state index in [-0.39, 0.29) is 25.9 Å². The lowest BCUT2D eigenvalue weighted by atomic mass is 9.93. The van der Waals surface area contributed by atoms with Crippen molar-refractivity contribution >= 4 is 17.6 Å². The summed E-state index contributed by atoms with van der Waals surface area (Å²) in [4.78, 5) is 18.2. The Morgan fingerprint density at radius 2 is 1.74 bits per heavy atom. The number of halogens is 1. The van der Waals surface area contributed by atoms with Crippen LogP contribution in [0.5, 0.6) is 17.2 Å². The molecule has 2 atom stereocenters. The van der Waals surface area contributed by atoms with Crippen molar-refractivity contribution in [2.45, 2.75) is 85.2 Å². The van der Waals surface area contributed by atoms with E-state index in [4.69, 9.17) is 25.8 Å². The molecule has 2 heterocycles. The Morgan fingerprint density at radius 1 is 0.981 bits per heavy atom. The van der Waals surface area contributed by atoms with Gasteiger partial charge in [-0.1, -0.05) is 62.2 Å². The van der Waals surface area contributed by atoms with Gasteiger partial charge in [-0.25, -0.2) is 0 Å². The smallest absolute Gasteiger partial charge is 0.320 e. The fourth-order valence-corrected chi connectivity index (χ4v) is 7.06. The number of likely N-dealkylation sites (tertiary alicyclic amines) is 1. The summed E-state index contributed by atoms with van der Waals surface area (Å²) in [6, 6.07) is 19.2. The zero-order chi connectivity index (χ0) is 38.6. The van der Waals surface area contributed by atoms with Gasteiger partial charge in [-0.3, -0.25) is 14.7 Å². The normalized spacial score (nSPS) is 15.1. The van der Waals surface area contributed by atoms with Crippen molar-refractivity contribution < 1.29 is 29.2 Å². The summed E-state index contributed by atoms with van der Waals surface area (Å²) < 4.78 is 18.9. The molecule has 0 aliphatic carbocycles. The second-order valence-corrected chi connectivity index (χ2v) is 14.6. The number of pyridine rings is 1. The number of benzene rings is 3. The standard InChI is InChI=1S/C43H51ClN4O6/c1-28(2)38(25-49)47-15-9-17-52-40-14-8-12-36(30(40)4)35-11-7-10-33(29(35)3)27-54-42-20-41(53-26-32-18-31(21-45)22-46-23-32)34(19-37(42)44)24-48-16-6-5-13-39(48)43(50)51/h7-8,10-12,14,18-20,22-23,28,38-39,47,49H,5-6,9,13,15-17,24-27H2,1-4H3,(H,50,51)/t38?,39-/m0/s1. The van der Waals surface area contributed by atoms with Crippen molar-refractivity contribution in [2.24, 2.45) is 5.92 Å². The quantitative estimate of drug-likeness (QED) is 0.0861. The summed E-state index contributed by atoms with van der Waals surface area (Å²) in [5.41, 5.74) is 7.19. The first-order valence-electron chi connectivity index (χ1n) is 18.6. The van der Waals surface area contributed by atoms with Crippen molar-refractivity contribution in [1.29, 1.82) is 5.26 Å². The van der Waals surface area contributed by atoms with E-state index >= 15 is 0 Å². The number of aliphatic hydroxyl groups is 1. The number of carbonyl (C=O) groups is 1. The van der Waals surface area contributed by atoms with Gasteiger partial charge < -0.3 is 29.7 Å². The van der Waals surface area contributed by atoms with E-state index in [1.54, 1.807) is 24.4 Å². The fourth-order valence-electron chi connectivity index (χ4n) is 6.81. The Bertz CT molecular complexity index is 1930. The molecule has 0 amide bonds. The number of ether oxygens (including phenoxy) is 3. The highest BCUT2D eigenvalue weighted by molar-refractivity contribution is 6.32. The van der Waals surface area contributed by atoms with Gasteiger partial charge in [0.1, 0.15) is 42.6 Å². The van der Waals surface area contributed by atoms with Crippen LogP contribution in [0, 0.1) is 31.1 Å². The summed E-state index contributed by atoms with van der Waals surface area (Å²) in [6.45, 7) is 11.2. The van der Waals surface area contributed by atoms with Crippen LogP contribution >= 0.6 is 11.6 Å². The molecule has 1 fully saturated rings. The minimum atomic E-state index is -0.836. The molecule has 1 unspecified atom stereocenters. The molecule has 0 saturated carbocycles. The van der Waals surface area contributed by atoms with Crippen LogP contribution in [-0.4, -0.2) is 64.5 Å². The number of aliphatic hydroxyl groups excluding tert-OH is 1. The number of nitrogens with zero attached hydrogens (tertiary/aromatic N) is 3. The third kappa shape index (κ3) is 10.5. The highest BCUT2D eigenvalue weighted by Crippen LogP contribution is 2.37. The van der Waals surface area contributed by atoms with Crippen molar-refractivity contribution in [1.82, 2.24) is 15.2 Å². The Labute approximate surface area is 323 Å². The molecule has 1 saturated heterocycles. The predicted molar refractivity (Wildman–Crippen MR) is 210 cm³/mol. The van der Waals surface area contributed by atoms with Crippen LogP contribution in [0.25, 0.3) is 11.1 Å². The Balaban J connectivity index is 1.32. The van der Waals surface area contributed by atoms with Crippen LogP contribution in [-0.2, 0) is 24.6 Å². The predicted octanol–water partition coefficient (Wildman–Crippen LogP) is 7.86. The molecule has 10 nitrogen and oxygen atoms in total. The zero-order valence-electron chi connectivity index (χ0n) is 31.6. The second-order valence-electron chi connectivity index (χ2n) is 14.2. The lowest BCUT2D eigenvalue weighted by molar-refractivity contribution is -0.144. The Hall–Kier alpha value is -4.66. The van der Waals surface area contributed by atoms with E-state index in [9.17, 15) is 20.3 Å². The molecule has 286 valence electrons. The maximum atomic E-state index is 12.1. The van der Waals surface area contributed by atoms with Gasteiger partial charge in [0, 0.05) is 42.2 Å². The molecule has 0 radical (unpaired) electrons. The van der Waals surface area contributed by atoms with Gasteiger partial charge in [-0.05, 0) is 98.1 Å². The largest absolute Gasteiger partial charge is 0.493 e. The molecule has 11 heteroatoms. The number of aliphatic carboxylic acids is 1. The minimum Gasteiger partial charge on any atom is -0.493 e. The minimum absolute atomic E-state index is 0.0788. The summed E-state index contributed by atoms with van der Waals surface area (Å²) in [7, 11) is 0. The van der Waals surface area contributed by atoms with Crippen LogP contribution in [0.3, 0.4) is 0 Å². The molecule has 0 bridgehead atoms. The Morgan fingerprint density at radius 3 is 2.48 bits per heavy atom. The number of hydrogen-bond donors (Lipinski definition) is 3. The first-order valence-corrected chi connectivity index (χ1v) is 19.0. The number of piperidine rings is 1. The zero-order valence-corrected chi connectivity index (χ0v) is 32.4. The third-order valence-electron chi connectivity index (χ3n) is 10.1. The summed E-state index contributed by atoms with van der Waals surface area (Å²) in [5.74, 6) is 1.32. The molecule has 1 aliphatic rings. The van der Waals surface area contributed by atoms with E-state index in [0.717, 1.165) is 70.5 Å². The Kier molecular flexibility index (Phi) is 14.7. The number of hydrogen-bond acceptors (Lipinski definition) is 9. The van der Waals surface area contributed by atoms with Gasteiger partial charge in [-0.15, -0.1) is 0 Å². The monoisotopic (exact) mass is 754 g/mol. The van der Waals surface area contributed by atoms with Crippen LogP contribution in [0.15, 0.2) is 67.0 Å². The van der Waals surface area contributed by atoms with Crippen molar-refractivity contribution in [3.8, 4) is 34.4 Å². The molecule has 54 heavy (non-hydrogen) atoms. The average molecular weight is 755 g/mol. The van der Waals surface area contributed by atoms with E-state index < -0.39 is 12.0 Å². The highest BCUT2D eigenvalue weighted by atomic mass is 35.5. The molecule has 3 aromatic carbocycles. The molecule has 1 aromatic heterocycles. The number of nitriles is 1. The summed E-state index contributed by atoms with van der Waals surface area (Å²) in [6.07, 6.45) is 6.35. The summed E-state index contributed by atoms with van der Waals surface area (Å²) in [5, 5.41) is 32.6. The van der Waals surface area contributed by atoms with Gasteiger partial charge in [0.15, 0.2) is 0 Å². The highest BCUT2D eigenvalue weighted by Gasteiger charge is 2.29.